The normalized spacial score (nSPS) is 14.3. The van der Waals surface area contributed by atoms with Crippen LogP contribution in [-0.4, -0.2) is 23.9 Å². The summed E-state index contributed by atoms with van der Waals surface area (Å²) in [5.74, 6) is 0.375. The van der Waals surface area contributed by atoms with Gasteiger partial charge in [0.15, 0.2) is 0 Å². The highest BCUT2D eigenvalue weighted by atomic mass is 16.2. The molecule has 0 aromatic rings. The maximum atomic E-state index is 12.2. The van der Waals surface area contributed by atoms with E-state index in [1.165, 1.54) is 12.8 Å². The molecule has 2 nitrogen and oxygen atoms in total. The average Bonchev–Trinajstić information content (AvgIpc) is 2.36. The van der Waals surface area contributed by atoms with E-state index in [2.05, 4.69) is 41.5 Å². The van der Waals surface area contributed by atoms with Crippen LogP contribution in [-0.2, 0) is 4.79 Å². The van der Waals surface area contributed by atoms with Crippen molar-refractivity contribution in [3.8, 4) is 0 Å². The van der Waals surface area contributed by atoms with Crippen molar-refractivity contribution in [2.45, 2.75) is 82.1 Å². The number of hydrogen-bond donors (Lipinski definition) is 0. The van der Waals surface area contributed by atoms with Crippen LogP contribution in [0.4, 0.5) is 0 Å². The molecule has 2 heteroatoms. The molecule has 20 heavy (non-hydrogen) atoms. The fourth-order valence-corrected chi connectivity index (χ4v) is 2.37. The molecule has 122 valence electrons. The molecule has 1 atom stereocenters. The first-order valence-corrected chi connectivity index (χ1v) is 8.37. The molecule has 0 aliphatic rings. The molecule has 0 aromatic heterocycles. The average molecular weight is 286 g/mol. The molecule has 1 amide bonds. The van der Waals surface area contributed by atoms with E-state index in [4.69, 9.17) is 0 Å². The summed E-state index contributed by atoms with van der Waals surface area (Å²) in [6.45, 7) is 23.2. The van der Waals surface area contributed by atoms with Crippen LogP contribution in [0.25, 0.3) is 0 Å². The predicted molar refractivity (Wildman–Crippen MR) is 90.9 cm³/mol. The van der Waals surface area contributed by atoms with Gasteiger partial charge < -0.3 is 4.90 Å². The Balaban J connectivity index is 0. The summed E-state index contributed by atoms with van der Waals surface area (Å²) in [6.07, 6.45) is 2.33. The van der Waals surface area contributed by atoms with Crippen molar-refractivity contribution in [1.82, 2.24) is 4.90 Å². The van der Waals surface area contributed by atoms with Gasteiger partial charge in [0.05, 0.1) is 0 Å². The van der Waals surface area contributed by atoms with Crippen molar-refractivity contribution in [3.05, 3.63) is 0 Å². The summed E-state index contributed by atoms with van der Waals surface area (Å²) in [6, 6.07) is 0. The quantitative estimate of drug-likeness (QED) is 0.642. The molecule has 0 N–H and O–H groups in total. The Labute approximate surface area is 128 Å². The van der Waals surface area contributed by atoms with Crippen LogP contribution in [0.3, 0.4) is 0 Å². The molecule has 0 aromatic carbocycles. The van der Waals surface area contributed by atoms with Crippen LogP contribution in [0, 0.1) is 16.7 Å². The number of nitrogens with zero attached hydrogens (tertiary/aromatic N) is 1. The topological polar surface area (TPSA) is 20.3 Å². The van der Waals surface area contributed by atoms with Crippen molar-refractivity contribution in [2.24, 2.45) is 16.7 Å². The number of rotatable bonds is 6. The minimum absolute atomic E-state index is 0.0933. The first-order chi connectivity index (χ1) is 9.09. The van der Waals surface area contributed by atoms with Gasteiger partial charge in [-0.05, 0) is 24.2 Å². The lowest BCUT2D eigenvalue weighted by Crippen LogP contribution is -2.47. The second-order valence-electron chi connectivity index (χ2n) is 7.07. The molecule has 0 aliphatic heterocycles. The molecule has 0 radical (unpaired) electrons. The zero-order valence-electron chi connectivity index (χ0n) is 15.8. The first kappa shape index (κ1) is 21.8. The number of amides is 1. The van der Waals surface area contributed by atoms with Gasteiger partial charge in [-0.25, -0.2) is 0 Å². The van der Waals surface area contributed by atoms with Crippen molar-refractivity contribution >= 4 is 5.91 Å². The molecule has 0 heterocycles. The monoisotopic (exact) mass is 285 g/mol. The molecular formula is C18H39NO. The molecule has 0 fully saturated rings. The van der Waals surface area contributed by atoms with Gasteiger partial charge in [0.1, 0.15) is 0 Å². The third kappa shape index (κ3) is 6.28. The van der Waals surface area contributed by atoms with E-state index in [0.29, 0.717) is 0 Å². The van der Waals surface area contributed by atoms with Crippen LogP contribution >= 0.6 is 0 Å². The van der Waals surface area contributed by atoms with Crippen molar-refractivity contribution in [1.29, 1.82) is 0 Å². The van der Waals surface area contributed by atoms with Crippen molar-refractivity contribution < 1.29 is 4.79 Å². The van der Waals surface area contributed by atoms with Crippen molar-refractivity contribution in [2.75, 3.05) is 13.1 Å². The third-order valence-electron chi connectivity index (χ3n) is 4.34. The third-order valence-corrected chi connectivity index (χ3v) is 4.34. The SMILES string of the molecule is CC.CCCC(C)(CN(CC)C(=O)C(C)C)C(C)(C)C. The van der Waals surface area contributed by atoms with Crippen LogP contribution < -0.4 is 0 Å². The van der Waals surface area contributed by atoms with Crippen LogP contribution in [0.1, 0.15) is 82.1 Å². The van der Waals surface area contributed by atoms with E-state index in [9.17, 15) is 4.79 Å². The van der Waals surface area contributed by atoms with E-state index in [1.807, 2.05) is 32.6 Å². The van der Waals surface area contributed by atoms with E-state index in [-0.39, 0.29) is 22.7 Å². The zero-order valence-corrected chi connectivity index (χ0v) is 15.8. The summed E-state index contributed by atoms with van der Waals surface area (Å²) in [5, 5.41) is 0. The highest BCUT2D eigenvalue weighted by Gasteiger charge is 2.38. The smallest absolute Gasteiger partial charge is 0.225 e. The molecular weight excluding hydrogens is 246 g/mol. The summed E-state index contributed by atoms with van der Waals surface area (Å²) >= 11 is 0. The largest absolute Gasteiger partial charge is 0.342 e. The highest BCUT2D eigenvalue weighted by molar-refractivity contribution is 5.78. The lowest BCUT2D eigenvalue weighted by atomic mass is 9.65. The van der Waals surface area contributed by atoms with Gasteiger partial charge in [-0.1, -0.05) is 68.7 Å². The summed E-state index contributed by atoms with van der Waals surface area (Å²) < 4.78 is 0. The van der Waals surface area contributed by atoms with Gasteiger partial charge in [-0.2, -0.15) is 0 Å². The van der Waals surface area contributed by atoms with E-state index >= 15 is 0 Å². The van der Waals surface area contributed by atoms with Gasteiger partial charge in [0.25, 0.3) is 0 Å². The molecule has 0 saturated heterocycles. The maximum Gasteiger partial charge on any atom is 0.225 e. The van der Waals surface area contributed by atoms with Crippen LogP contribution in [0.15, 0.2) is 0 Å². The second kappa shape index (κ2) is 9.41. The highest BCUT2D eigenvalue weighted by Crippen LogP contribution is 2.42. The summed E-state index contributed by atoms with van der Waals surface area (Å²) in [7, 11) is 0. The van der Waals surface area contributed by atoms with E-state index in [1.54, 1.807) is 0 Å². The fraction of sp³-hybridized carbons (Fsp3) is 0.944. The van der Waals surface area contributed by atoms with Crippen LogP contribution in [0.2, 0.25) is 0 Å². The minimum atomic E-state index is 0.0933. The zero-order chi connectivity index (χ0) is 16.6. The van der Waals surface area contributed by atoms with Gasteiger partial charge >= 0.3 is 0 Å². The molecule has 1 unspecified atom stereocenters. The Hall–Kier alpha value is -0.530. The van der Waals surface area contributed by atoms with Gasteiger partial charge in [-0.15, -0.1) is 0 Å². The van der Waals surface area contributed by atoms with Gasteiger partial charge in [0, 0.05) is 19.0 Å². The molecule has 0 saturated carbocycles. The standard InChI is InChI=1S/C16H33NO.C2H6/c1-9-11-16(8,15(5,6)7)12-17(10-2)14(18)13(3)4;1-2/h13H,9-12H2,1-8H3;1-2H3. The van der Waals surface area contributed by atoms with E-state index in [0.717, 1.165) is 13.1 Å². The molecule has 0 aliphatic carbocycles. The maximum absolute atomic E-state index is 12.2. The van der Waals surface area contributed by atoms with Gasteiger partial charge in [-0.3, -0.25) is 4.79 Å². The summed E-state index contributed by atoms with van der Waals surface area (Å²) in [5.41, 5.74) is 0.399. The number of carbonyl (C=O) groups is 1. The molecule has 0 spiro atoms. The number of hydrogen-bond acceptors (Lipinski definition) is 1. The minimum Gasteiger partial charge on any atom is -0.342 e. The molecule has 0 rings (SSSR count). The Bertz CT molecular complexity index is 265. The van der Waals surface area contributed by atoms with Crippen LogP contribution in [0.5, 0.6) is 0 Å². The number of carbonyl (C=O) groups excluding carboxylic acids is 1. The Morgan fingerprint density at radius 2 is 1.50 bits per heavy atom. The second-order valence-corrected chi connectivity index (χ2v) is 7.07. The Kier molecular flexibility index (Phi) is 10.2. The lowest BCUT2D eigenvalue weighted by Gasteiger charge is -2.45. The van der Waals surface area contributed by atoms with E-state index < -0.39 is 0 Å². The Morgan fingerprint density at radius 1 is 1.05 bits per heavy atom. The first-order valence-electron chi connectivity index (χ1n) is 8.37. The van der Waals surface area contributed by atoms with Gasteiger partial charge in [0.2, 0.25) is 5.91 Å². The Morgan fingerprint density at radius 3 is 1.75 bits per heavy atom. The predicted octanol–water partition coefficient (Wildman–Crippen LogP) is 5.37. The lowest BCUT2D eigenvalue weighted by molar-refractivity contribution is -0.137. The summed E-state index contributed by atoms with van der Waals surface area (Å²) in [4.78, 5) is 14.2. The van der Waals surface area contributed by atoms with Crippen molar-refractivity contribution in [3.63, 3.8) is 0 Å². The fourth-order valence-electron chi connectivity index (χ4n) is 2.37. The molecule has 0 bridgehead atoms.